The van der Waals surface area contributed by atoms with E-state index in [9.17, 15) is 17.2 Å². The molecule has 0 amide bonds. The summed E-state index contributed by atoms with van der Waals surface area (Å²) in [5.74, 6) is -1.57. The number of sulfone groups is 1. The van der Waals surface area contributed by atoms with E-state index in [4.69, 9.17) is 16.9 Å². The third kappa shape index (κ3) is 3.32. The Morgan fingerprint density at radius 2 is 1.77 bits per heavy atom. The number of nitriles is 1. The standard InChI is InChI=1S/C15H8ClF2NO2S/c16-11-1-4-13(5-2-11)22(20,21)14(9-19)8-10-7-12(17)3-6-15(10)18/h1-8H/b14-8+. The Morgan fingerprint density at radius 3 is 2.36 bits per heavy atom. The van der Waals surface area contributed by atoms with E-state index in [1.54, 1.807) is 0 Å². The van der Waals surface area contributed by atoms with Crippen molar-refractivity contribution in [3.8, 4) is 6.07 Å². The highest BCUT2D eigenvalue weighted by Crippen LogP contribution is 2.23. The zero-order valence-corrected chi connectivity index (χ0v) is 12.5. The van der Waals surface area contributed by atoms with E-state index in [2.05, 4.69) is 0 Å². The van der Waals surface area contributed by atoms with E-state index in [0.29, 0.717) is 5.02 Å². The van der Waals surface area contributed by atoms with Crippen molar-refractivity contribution < 1.29 is 17.2 Å². The molecule has 0 fully saturated rings. The number of halogens is 3. The van der Waals surface area contributed by atoms with Gasteiger partial charge >= 0.3 is 0 Å². The Hall–Kier alpha value is -2.23. The molecule has 0 aliphatic carbocycles. The molecule has 0 aliphatic heterocycles. The third-order valence-corrected chi connectivity index (χ3v) is 4.70. The minimum absolute atomic E-state index is 0.165. The lowest BCUT2D eigenvalue weighted by atomic mass is 10.2. The maximum atomic E-state index is 13.6. The van der Waals surface area contributed by atoms with Crippen molar-refractivity contribution in [2.24, 2.45) is 0 Å². The highest BCUT2D eigenvalue weighted by Gasteiger charge is 2.21. The Balaban J connectivity index is 2.56. The summed E-state index contributed by atoms with van der Waals surface area (Å²) >= 11 is 5.68. The second-order valence-corrected chi connectivity index (χ2v) is 6.60. The van der Waals surface area contributed by atoms with Crippen LogP contribution in [-0.2, 0) is 9.84 Å². The second-order valence-electron chi connectivity index (χ2n) is 4.24. The molecule has 2 rings (SSSR count). The summed E-state index contributed by atoms with van der Waals surface area (Å²) in [4.78, 5) is -0.860. The lowest BCUT2D eigenvalue weighted by molar-refractivity contribution is 0.597. The van der Waals surface area contributed by atoms with Crippen LogP contribution >= 0.6 is 11.6 Å². The molecule has 7 heteroatoms. The summed E-state index contributed by atoms with van der Waals surface area (Å²) < 4.78 is 51.3. The van der Waals surface area contributed by atoms with Crippen molar-refractivity contribution in [1.29, 1.82) is 5.26 Å². The van der Waals surface area contributed by atoms with Crippen LogP contribution in [0.5, 0.6) is 0 Å². The Kier molecular flexibility index (Phi) is 4.59. The molecule has 0 spiro atoms. The fourth-order valence-electron chi connectivity index (χ4n) is 1.68. The number of hydrogen-bond donors (Lipinski definition) is 0. The van der Waals surface area contributed by atoms with Gasteiger partial charge in [-0.1, -0.05) is 11.6 Å². The fraction of sp³-hybridized carbons (Fsp3) is 0. The molecule has 3 nitrogen and oxygen atoms in total. The Morgan fingerprint density at radius 1 is 1.14 bits per heavy atom. The summed E-state index contributed by atoms with van der Waals surface area (Å²) in [5, 5.41) is 9.39. The second kappa shape index (κ2) is 6.26. The van der Waals surface area contributed by atoms with E-state index in [1.807, 2.05) is 0 Å². The molecule has 0 saturated heterocycles. The average molecular weight is 340 g/mol. The van der Waals surface area contributed by atoms with Gasteiger partial charge in [-0.05, 0) is 48.5 Å². The van der Waals surface area contributed by atoms with E-state index in [1.165, 1.54) is 30.3 Å². The molecule has 0 unspecified atom stereocenters. The normalized spacial score (nSPS) is 12.0. The first-order chi connectivity index (χ1) is 10.3. The number of nitrogens with zero attached hydrogens (tertiary/aromatic N) is 1. The van der Waals surface area contributed by atoms with Crippen LogP contribution < -0.4 is 0 Å². The van der Waals surface area contributed by atoms with Gasteiger partial charge in [0.25, 0.3) is 0 Å². The molecule has 2 aromatic rings. The molecule has 0 saturated carbocycles. The third-order valence-electron chi connectivity index (χ3n) is 2.77. The van der Waals surface area contributed by atoms with Crippen LogP contribution in [0.15, 0.2) is 52.3 Å². The predicted molar refractivity (Wildman–Crippen MR) is 78.6 cm³/mol. The fourth-order valence-corrected chi connectivity index (χ4v) is 2.95. The van der Waals surface area contributed by atoms with Crippen LogP contribution in [0.1, 0.15) is 5.56 Å². The van der Waals surface area contributed by atoms with Crippen LogP contribution in [0.2, 0.25) is 5.02 Å². The van der Waals surface area contributed by atoms with Gasteiger partial charge in [-0.15, -0.1) is 0 Å². The minimum Gasteiger partial charge on any atom is -0.218 e. The molecule has 0 radical (unpaired) electrons. The minimum atomic E-state index is -4.14. The van der Waals surface area contributed by atoms with E-state index < -0.39 is 26.4 Å². The summed E-state index contributed by atoms with van der Waals surface area (Å²) in [6.07, 6.45) is 0.794. The average Bonchev–Trinajstić information content (AvgIpc) is 2.48. The molecule has 0 N–H and O–H groups in total. The largest absolute Gasteiger partial charge is 0.218 e. The summed E-state index contributed by atoms with van der Waals surface area (Å²) in [7, 11) is -4.14. The van der Waals surface area contributed by atoms with Gasteiger partial charge in [0.2, 0.25) is 9.84 Å². The van der Waals surface area contributed by atoms with Crippen LogP contribution in [0.25, 0.3) is 6.08 Å². The molecule has 0 heterocycles. The predicted octanol–water partition coefficient (Wildman–Crippen LogP) is 3.96. The SMILES string of the molecule is N#C/C(=C\c1cc(F)ccc1F)S(=O)(=O)c1ccc(Cl)cc1. The van der Waals surface area contributed by atoms with E-state index in [0.717, 1.165) is 24.3 Å². The van der Waals surface area contributed by atoms with Gasteiger partial charge in [0.15, 0.2) is 0 Å². The molecule has 0 bridgehead atoms. The quantitative estimate of drug-likeness (QED) is 0.795. The van der Waals surface area contributed by atoms with Gasteiger partial charge in [0.05, 0.1) is 4.90 Å². The van der Waals surface area contributed by atoms with Crippen molar-refractivity contribution >= 4 is 27.5 Å². The van der Waals surface area contributed by atoms with Gasteiger partial charge in [0.1, 0.15) is 22.6 Å². The van der Waals surface area contributed by atoms with Crippen molar-refractivity contribution in [2.75, 3.05) is 0 Å². The number of benzene rings is 2. The monoisotopic (exact) mass is 339 g/mol. The lowest BCUT2D eigenvalue weighted by Crippen LogP contribution is -2.03. The molecule has 0 atom stereocenters. The zero-order chi connectivity index (χ0) is 16.3. The molecule has 0 aromatic heterocycles. The maximum absolute atomic E-state index is 13.6. The van der Waals surface area contributed by atoms with Crippen LogP contribution in [0.4, 0.5) is 8.78 Å². The van der Waals surface area contributed by atoms with Crippen LogP contribution in [0, 0.1) is 23.0 Å². The summed E-state index contributed by atoms with van der Waals surface area (Å²) in [5.41, 5.74) is -0.325. The number of allylic oxidation sites excluding steroid dienone is 1. The molecule has 0 aliphatic rings. The smallest absolute Gasteiger partial charge is 0.216 e. The Labute approximate surface area is 131 Å². The van der Waals surface area contributed by atoms with Gasteiger partial charge in [-0.3, -0.25) is 0 Å². The van der Waals surface area contributed by atoms with Gasteiger partial charge in [0, 0.05) is 10.6 Å². The lowest BCUT2D eigenvalue weighted by Gasteiger charge is -2.04. The van der Waals surface area contributed by atoms with Gasteiger partial charge in [-0.2, -0.15) is 5.26 Å². The molecule has 22 heavy (non-hydrogen) atoms. The first-order valence-electron chi connectivity index (χ1n) is 5.92. The first kappa shape index (κ1) is 16.1. The number of hydrogen-bond acceptors (Lipinski definition) is 3. The van der Waals surface area contributed by atoms with E-state index >= 15 is 0 Å². The summed E-state index contributed by atoms with van der Waals surface area (Å²) in [6, 6.07) is 9.22. The van der Waals surface area contributed by atoms with Crippen molar-refractivity contribution in [1.82, 2.24) is 0 Å². The topological polar surface area (TPSA) is 57.9 Å². The highest BCUT2D eigenvalue weighted by molar-refractivity contribution is 7.95. The van der Waals surface area contributed by atoms with Crippen molar-refractivity contribution in [2.45, 2.75) is 4.90 Å². The van der Waals surface area contributed by atoms with Crippen molar-refractivity contribution in [3.05, 3.63) is 69.6 Å². The zero-order valence-electron chi connectivity index (χ0n) is 10.9. The Bertz CT molecular complexity index is 885. The maximum Gasteiger partial charge on any atom is 0.216 e. The molecule has 112 valence electrons. The highest BCUT2D eigenvalue weighted by atomic mass is 35.5. The van der Waals surface area contributed by atoms with Crippen LogP contribution in [-0.4, -0.2) is 8.42 Å². The number of rotatable bonds is 3. The van der Waals surface area contributed by atoms with Gasteiger partial charge in [-0.25, -0.2) is 17.2 Å². The summed E-state index contributed by atoms with van der Waals surface area (Å²) in [6.45, 7) is 0. The van der Waals surface area contributed by atoms with Crippen LogP contribution in [0.3, 0.4) is 0 Å². The molecule has 2 aromatic carbocycles. The van der Waals surface area contributed by atoms with E-state index in [-0.39, 0.29) is 10.5 Å². The molecular weight excluding hydrogens is 332 g/mol. The van der Waals surface area contributed by atoms with Gasteiger partial charge < -0.3 is 0 Å². The van der Waals surface area contributed by atoms with Crippen molar-refractivity contribution in [3.63, 3.8) is 0 Å². The first-order valence-corrected chi connectivity index (χ1v) is 7.78. The molecular formula is C15H8ClF2NO2S.